The van der Waals surface area contributed by atoms with Crippen molar-refractivity contribution in [2.24, 2.45) is 0 Å². The summed E-state index contributed by atoms with van der Waals surface area (Å²) in [5, 5.41) is 28.5. The zero-order valence-corrected chi connectivity index (χ0v) is 9.99. The average molecular weight is 294 g/mol. The molecular weight excluding hydrogens is 282 g/mol. The van der Waals surface area contributed by atoms with Crippen molar-refractivity contribution in [3.05, 3.63) is 33.1 Å². The number of alkyl halides is 2. The van der Waals surface area contributed by atoms with Crippen LogP contribution >= 0.6 is 0 Å². The van der Waals surface area contributed by atoms with E-state index < -0.39 is 48.3 Å². The molecule has 0 spiro atoms. The fraction of sp³-hybridized carbons (Fsp3) is 0.600. The first kappa shape index (κ1) is 14.8. The average Bonchev–Trinajstić information content (AvgIpc) is 2.62. The van der Waals surface area contributed by atoms with Crippen LogP contribution in [0.2, 0.25) is 0 Å². The van der Waals surface area contributed by atoms with E-state index in [2.05, 4.69) is 4.74 Å². The maximum atomic E-state index is 14.0. The van der Waals surface area contributed by atoms with Crippen LogP contribution in [0, 0.1) is 0 Å². The normalized spacial score (nSPS) is 37.2. The van der Waals surface area contributed by atoms with Gasteiger partial charge in [-0.2, -0.15) is 0 Å². The van der Waals surface area contributed by atoms with Gasteiger partial charge in [-0.3, -0.25) is 14.3 Å². The number of aliphatic hydroxyl groups excluding tert-OH is 2. The van der Waals surface area contributed by atoms with Crippen LogP contribution in [0.4, 0.5) is 8.78 Å². The number of aromatic nitrogens is 2. The molecule has 4 atom stereocenters. The molecular formula is C10H12F2N2O6. The lowest BCUT2D eigenvalue weighted by Gasteiger charge is -2.28. The van der Waals surface area contributed by atoms with Crippen LogP contribution in [0.15, 0.2) is 21.9 Å². The maximum Gasteiger partial charge on any atom is 0.330 e. The van der Waals surface area contributed by atoms with E-state index in [0.29, 0.717) is 4.57 Å². The number of nitrogens with zero attached hydrogens (tertiary/aromatic N) is 1. The summed E-state index contributed by atoms with van der Waals surface area (Å²) in [6.07, 6.45) is -3.53. The Morgan fingerprint density at radius 2 is 2.15 bits per heavy atom. The largest absolute Gasteiger partial charge is 0.390 e. The Morgan fingerprint density at radius 1 is 1.50 bits per heavy atom. The van der Waals surface area contributed by atoms with E-state index in [9.17, 15) is 28.6 Å². The van der Waals surface area contributed by atoms with Crippen molar-refractivity contribution in [1.82, 2.24) is 9.55 Å². The number of hydrogen-bond donors (Lipinski definition) is 4. The zero-order valence-electron chi connectivity index (χ0n) is 9.99. The third kappa shape index (κ3) is 1.97. The Hall–Kier alpha value is -1.62. The van der Waals surface area contributed by atoms with Crippen molar-refractivity contribution < 1.29 is 28.8 Å². The summed E-state index contributed by atoms with van der Waals surface area (Å²) in [5.41, 5.74) is -4.65. The quantitative estimate of drug-likeness (QED) is 0.501. The minimum absolute atomic E-state index is 0.515. The van der Waals surface area contributed by atoms with Gasteiger partial charge in [-0.25, -0.2) is 13.6 Å². The molecule has 1 aromatic rings. The monoisotopic (exact) mass is 294 g/mol. The number of nitrogens with one attached hydrogen (secondary N) is 1. The van der Waals surface area contributed by atoms with Crippen molar-refractivity contribution in [1.29, 1.82) is 0 Å². The third-order valence-corrected chi connectivity index (χ3v) is 3.15. The minimum atomic E-state index is -3.14. The van der Waals surface area contributed by atoms with Crippen LogP contribution in [-0.2, 0) is 4.74 Å². The Balaban J connectivity index is 2.55. The first-order valence-electron chi connectivity index (χ1n) is 5.54. The van der Waals surface area contributed by atoms with Crippen molar-refractivity contribution in [2.45, 2.75) is 23.8 Å². The van der Waals surface area contributed by atoms with Crippen molar-refractivity contribution >= 4 is 0 Å². The van der Waals surface area contributed by atoms with Crippen LogP contribution in [0.5, 0.6) is 0 Å². The summed E-state index contributed by atoms with van der Waals surface area (Å²) in [6.45, 7) is -3.00. The Kier molecular flexibility index (Phi) is 3.50. The van der Waals surface area contributed by atoms with E-state index in [1.165, 1.54) is 0 Å². The summed E-state index contributed by atoms with van der Waals surface area (Å²) in [4.78, 5) is 24.3. The van der Waals surface area contributed by atoms with Crippen molar-refractivity contribution in [3.63, 3.8) is 0 Å². The molecule has 0 aromatic carbocycles. The molecule has 1 saturated heterocycles. The number of aromatic amines is 1. The van der Waals surface area contributed by atoms with Gasteiger partial charge in [0.05, 0.1) is 0 Å². The molecule has 0 unspecified atom stereocenters. The minimum Gasteiger partial charge on any atom is -0.390 e. The number of ether oxygens (including phenoxy) is 1. The lowest BCUT2D eigenvalue weighted by molar-refractivity contribution is -0.207. The summed E-state index contributed by atoms with van der Waals surface area (Å²) in [7, 11) is 0. The molecule has 0 bridgehead atoms. The van der Waals surface area contributed by atoms with Crippen molar-refractivity contribution in [2.75, 3.05) is 13.3 Å². The lowest BCUT2D eigenvalue weighted by atomic mass is 9.94. The highest BCUT2D eigenvalue weighted by atomic mass is 19.2. The van der Waals surface area contributed by atoms with E-state index in [0.717, 1.165) is 12.3 Å². The van der Waals surface area contributed by atoms with E-state index >= 15 is 0 Å². The molecule has 2 heterocycles. The molecule has 1 aliphatic heterocycles. The van der Waals surface area contributed by atoms with E-state index in [1.54, 1.807) is 0 Å². The van der Waals surface area contributed by atoms with Gasteiger partial charge in [-0.15, -0.1) is 0 Å². The number of aliphatic hydroxyl groups is 3. The van der Waals surface area contributed by atoms with Gasteiger partial charge >= 0.3 is 5.69 Å². The first-order chi connectivity index (χ1) is 9.28. The summed E-state index contributed by atoms with van der Waals surface area (Å²) < 4.78 is 32.2. The third-order valence-electron chi connectivity index (χ3n) is 3.15. The van der Waals surface area contributed by atoms with E-state index in [1.807, 2.05) is 4.98 Å². The van der Waals surface area contributed by atoms with Gasteiger partial charge in [0.25, 0.3) is 11.4 Å². The molecule has 8 nitrogen and oxygen atoms in total. The van der Waals surface area contributed by atoms with Gasteiger partial charge in [-0.1, -0.05) is 0 Å². The molecule has 0 aliphatic carbocycles. The molecule has 0 radical (unpaired) electrons. The molecule has 1 aromatic heterocycles. The van der Waals surface area contributed by atoms with Gasteiger partial charge in [0.15, 0.2) is 17.9 Å². The predicted octanol–water partition coefficient (Wildman–Crippen LogP) is -2.21. The topological polar surface area (TPSA) is 125 Å². The van der Waals surface area contributed by atoms with Gasteiger partial charge in [0.2, 0.25) is 0 Å². The summed E-state index contributed by atoms with van der Waals surface area (Å²) >= 11 is 0. The zero-order chi connectivity index (χ0) is 15.1. The number of rotatable bonds is 3. The second kappa shape index (κ2) is 4.74. The van der Waals surface area contributed by atoms with Crippen LogP contribution in [0.1, 0.15) is 6.23 Å². The second-order valence-corrected chi connectivity index (χ2v) is 4.46. The number of H-pyrrole nitrogens is 1. The lowest BCUT2D eigenvalue weighted by Crippen LogP contribution is -2.53. The van der Waals surface area contributed by atoms with E-state index in [4.69, 9.17) is 5.11 Å². The predicted molar refractivity (Wildman–Crippen MR) is 59.3 cm³/mol. The molecule has 2 rings (SSSR count). The highest BCUT2D eigenvalue weighted by molar-refractivity contribution is 5.06. The molecule has 10 heteroatoms. The highest BCUT2D eigenvalue weighted by Gasteiger charge is 2.65. The molecule has 0 saturated carbocycles. The van der Waals surface area contributed by atoms with Crippen molar-refractivity contribution in [3.8, 4) is 0 Å². The van der Waals surface area contributed by atoms with Crippen LogP contribution in [0.3, 0.4) is 0 Å². The smallest absolute Gasteiger partial charge is 0.330 e. The van der Waals surface area contributed by atoms with E-state index in [-0.39, 0.29) is 0 Å². The fourth-order valence-electron chi connectivity index (χ4n) is 2.03. The number of halogens is 2. The SMILES string of the molecule is O=c1ccn([C@@H]2O[C@](F)(CO)[C@@H](O)[C@]2(O)CF)c(=O)[nH]1. The Morgan fingerprint density at radius 3 is 2.65 bits per heavy atom. The van der Waals surface area contributed by atoms with Gasteiger partial charge in [0, 0.05) is 12.3 Å². The van der Waals surface area contributed by atoms with Crippen LogP contribution in [-0.4, -0.2) is 55.7 Å². The molecule has 0 amide bonds. The van der Waals surface area contributed by atoms with Crippen LogP contribution in [0.25, 0.3) is 0 Å². The molecule has 20 heavy (non-hydrogen) atoms. The molecule has 1 fully saturated rings. The second-order valence-electron chi connectivity index (χ2n) is 4.46. The van der Waals surface area contributed by atoms with Gasteiger partial charge < -0.3 is 20.1 Å². The van der Waals surface area contributed by atoms with Gasteiger partial charge in [0.1, 0.15) is 13.3 Å². The standard InChI is InChI=1S/C10H12F2N2O6/c11-3-9(19)6(17)10(12,4-15)20-7(9)14-2-1-5(16)13-8(14)18/h1-2,6-7,15,17,19H,3-4H2,(H,13,16,18)/t6-,7+,9+,10+/m0/s1. The first-order valence-corrected chi connectivity index (χ1v) is 5.54. The Bertz CT molecular complexity index is 618. The Labute approximate surface area is 109 Å². The maximum absolute atomic E-state index is 14.0. The number of hydrogen-bond acceptors (Lipinski definition) is 6. The summed E-state index contributed by atoms with van der Waals surface area (Å²) in [5.74, 6) is -3.14. The highest BCUT2D eigenvalue weighted by Crippen LogP contribution is 2.44. The van der Waals surface area contributed by atoms with Crippen LogP contribution < -0.4 is 11.2 Å². The molecule has 112 valence electrons. The molecule has 4 N–H and O–H groups in total. The summed E-state index contributed by atoms with van der Waals surface area (Å²) in [6, 6.07) is 0.868. The molecule has 1 aliphatic rings. The van der Waals surface area contributed by atoms with Gasteiger partial charge in [-0.05, 0) is 0 Å². The fourth-order valence-corrected chi connectivity index (χ4v) is 2.03.